The summed E-state index contributed by atoms with van der Waals surface area (Å²) in [5.74, 6) is -0.215. The second-order valence-corrected chi connectivity index (χ2v) is 5.92. The number of hydrogen-bond acceptors (Lipinski definition) is 2. The van der Waals surface area contributed by atoms with E-state index in [1.807, 2.05) is 12.1 Å². The van der Waals surface area contributed by atoms with Crippen molar-refractivity contribution in [3.8, 4) is 0 Å². The Kier molecular flexibility index (Phi) is 3.43. The maximum absolute atomic E-state index is 11.5. The van der Waals surface area contributed by atoms with Crippen LogP contribution in [0.2, 0.25) is 0 Å². The lowest BCUT2D eigenvalue weighted by atomic mass is 9.71. The van der Waals surface area contributed by atoms with Gasteiger partial charge in [-0.25, -0.2) is 0 Å². The minimum Gasteiger partial charge on any atom is -0.481 e. The molecule has 104 valence electrons. The van der Waals surface area contributed by atoms with Crippen LogP contribution >= 0.6 is 0 Å². The van der Waals surface area contributed by atoms with E-state index in [4.69, 9.17) is 0 Å². The second kappa shape index (κ2) is 5.23. The molecule has 3 atom stereocenters. The molecule has 0 radical (unpaired) electrons. The van der Waals surface area contributed by atoms with E-state index in [-0.39, 0.29) is 11.8 Å². The van der Waals surface area contributed by atoms with E-state index in [0.717, 1.165) is 35.7 Å². The molecule has 3 unspecified atom stereocenters. The molecule has 20 heavy (non-hydrogen) atoms. The first kappa shape index (κ1) is 13.1. The lowest BCUT2D eigenvalue weighted by Crippen LogP contribution is -2.28. The van der Waals surface area contributed by atoms with Crippen molar-refractivity contribution in [3.05, 3.63) is 42.1 Å². The number of aromatic nitrogens is 1. The summed E-state index contributed by atoms with van der Waals surface area (Å²) < 4.78 is 0. The normalized spacial score (nSPS) is 26.6. The SMILES string of the molecule is CC1CCC(C(=O)O)C(c2ccc3cccnc3c2)C1. The Morgan fingerprint density at radius 1 is 1.30 bits per heavy atom. The zero-order valence-corrected chi connectivity index (χ0v) is 11.6. The average Bonchev–Trinajstić information content (AvgIpc) is 2.46. The molecule has 1 aromatic heterocycles. The number of aliphatic carboxylic acids is 1. The van der Waals surface area contributed by atoms with Crippen LogP contribution in [0.5, 0.6) is 0 Å². The Labute approximate surface area is 118 Å². The molecule has 3 rings (SSSR count). The van der Waals surface area contributed by atoms with Gasteiger partial charge in [-0.05, 0) is 48.8 Å². The van der Waals surface area contributed by atoms with Gasteiger partial charge in [-0.2, -0.15) is 0 Å². The zero-order valence-electron chi connectivity index (χ0n) is 11.6. The molecular formula is C17H19NO2. The first-order chi connectivity index (χ1) is 9.65. The van der Waals surface area contributed by atoms with Gasteiger partial charge in [0.25, 0.3) is 0 Å². The van der Waals surface area contributed by atoms with Gasteiger partial charge in [-0.3, -0.25) is 9.78 Å². The van der Waals surface area contributed by atoms with Crippen molar-refractivity contribution < 1.29 is 9.90 Å². The van der Waals surface area contributed by atoms with E-state index in [2.05, 4.69) is 30.1 Å². The standard InChI is InChI=1S/C17H19NO2/c1-11-4-7-14(17(19)20)15(9-11)13-6-5-12-3-2-8-18-16(12)10-13/h2-3,5-6,8,10-11,14-15H,4,7,9H2,1H3,(H,19,20). The summed E-state index contributed by atoms with van der Waals surface area (Å²) in [6.45, 7) is 2.21. The number of nitrogens with zero attached hydrogens (tertiary/aromatic N) is 1. The Hall–Kier alpha value is -1.90. The molecule has 1 saturated carbocycles. The summed E-state index contributed by atoms with van der Waals surface area (Å²) in [5, 5.41) is 10.6. The molecule has 1 aromatic carbocycles. The monoisotopic (exact) mass is 269 g/mol. The summed E-state index contributed by atoms with van der Waals surface area (Å²) in [6.07, 6.45) is 4.53. The highest BCUT2D eigenvalue weighted by atomic mass is 16.4. The molecule has 1 fully saturated rings. The number of pyridine rings is 1. The van der Waals surface area contributed by atoms with Gasteiger partial charge in [0.05, 0.1) is 11.4 Å². The zero-order chi connectivity index (χ0) is 14.1. The average molecular weight is 269 g/mol. The van der Waals surface area contributed by atoms with Gasteiger partial charge in [0.1, 0.15) is 0 Å². The van der Waals surface area contributed by atoms with Crippen molar-refractivity contribution in [1.29, 1.82) is 0 Å². The van der Waals surface area contributed by atoms with Crippen molar-refractivity contribution in [2.45, 2.75) is 32.1 Å². The lowest BCUT2D eigenvalue weighted by molar-refractivity contribution is -0.143. The van der Waals surface area contributed by atoms with E-state index in [9.17, 15) is 9.90 Å². The molecule has 0 bridgehead atoms. The molecule has 0 spiro atoms. The molecule has 1 N–H and O–H groups in total. The van der Waals surface area contributed by atoms with Crippen LogP contribution in [0.4, 0.5) is 0 Å². The summed E-state index contributed by atoms with van der Waals surface area (Å²) in [6, 6.07) is 10.1. The van der Waals surface area contributed by atoms with Crippen LogP contribution < -0.4 is 0 Å². The first-order valence-corrected chi connectivity index (χ1v) is 7.22. The lowest BCUT2D eigenvalue weighted by Gasteiger charge is -2.32. The Balaban J connectivity index is 2.00. The molecule has 0 aliphatic heterocycles. The van der Waals surface area contributed by atoms with Crippen molar-refractivity contribution in [2.24, 2.45) is 11.8 Å². The third kappa shape index (κ3) is 2.40. The molecule has 1 aliphatic carbocycles. The van der Waals surface area contributed by atoms with Crippen molar-refractivity contribution in [3.63, 3.8) is 0 Å². The predicted octanol–water partition coefficient (Wildman–Crippen LogP) is 3.84. The first-order valence-electron chi connectivity index (χ1n) is 7.22. The summed E-state index contributed by atoms with van der Waals surface area (Å²) in [5.41, 5.74) is 2.07. The van der Waals surface area contributed by atoms with Crippen molar-refractivity contribution >= 4 is 16.9 Å². The summed E-state index contributed by atoms with van der Waals surface area (Å²) in [7, 11) is 0. The van der Waals surface area contributed by atoms with Crippen LogP contribution in [0.15, 0.2) is 36.5 Å². The Bertz CT molecular complexity index is 638. The smallest absolute Gasteiger partial charge is 0.307 e. The molecule has 2 aromatic rings. The molecule has 0 amide bonds. The highest BCUT2D eigenvalue weighted by molar-refractivity contribution is 5.79. The predicted molar refractivity (Wildman–Crippen MR) is 78.6 cm³/mol. The van der Waals surface area contributed by atoms with Crippen LogP contribution in [0.25, 0.3) is 10.9 Å². The molecule has 0 saturated heterocycles. The third-order valence-electron chi connectivity index (χ3n) is 4.49. The quantitative estimate of drug-likeness (QED) is 0.901. The van der Waals surface area contributed by atoms with Crippen LogP contribution in [-0.2, 0) is 4.79 Å². The molecule has 3 heteroatoms. The molecule has 1 aliphatic rings. The Morgan fingerprint density at radius 3 is 2.95 bits per heavy atom. The van der Waals surface area contributed by atoms with Gasteiger partial charge in [-0.15, -0.1) is 0 Å². The van der Waals surface area contributed by atoms with E-state index < -0.39 is 5.97 Å². The summed E-state index contributed by atoms with van der Waals surface area (Å²) >= 11 is 0. The van der Waals surface area contributed by atoms with E-state index in [0.29, 0.717) is 5.92 Å². The fourth-order valence-electron chi connectivity index (χ4n) is 3.36. The van der Waals surface area contributed by atoms with Crippen LogP contribution in [0.3, 0.4) is 0 Å². The minimum absolute atomic E-state index is 0.114. The number of carbonyl (C=O) groups is 1. The number of carboxylic acid groups (broad SMARTS) is 1. The second-order valence-electron chi connectivity index (χ2n) is 5.92. The fourth-order valence-corrected chi connectivity index (χ4v) is 3.36. The van der Waals surface area contributed by atoms with Crippen molar-refractivity contribution in [1.82, 2.24) is 4.98 Å². The highest BCUT2D eigenvalue weighted by Gasteiger charge is 2.34. The van der Waals surface area contributed by atoms with Gasteiger partial charge in [-0.1, -0.05) is 25.1 Å². The van der Waals surface area contributed by atoms with Crippen molar-refractivity contribution in [2.75, 3.05) is 0 Å². The van der Waals surface area contributed by atoms with Gasteiger partial charge in [0.15, 0.2) is 0 Å². The van der Waals surface area contributed by atoms with E-state index in [1.165, 1.54) is 0 Å². The number of rotatable bonds is 2. The largest absolute Gasteiger partial charge is 0.481 e. The number of fused-ring (bicyclic) bond motifs is 1. The minimum atomic E-state index is -0.664. The van der Waals surface area contributed by atoms with Gasteiger partial charge >= 0.3 is 5.97 Å². The van der Waals surface area contributed by atoms with Gasteiger partial charge in [0, 0.05) is 11.6 Å². The number of benzene rings is 1. The van der Waals surface area contributed by atoms with Gasteiger partial charge in [0.2, 0.25) is 0 Å². The van der Waals surface area contributed by atoms with E-state index in [1.54, 1.807) is 6.20 Å². The molecular weight excluding hydrogens is 250 g/mol. The number of carboxylic acids is 1. The van der Waals surface area contributed by atoms with Crippen LogP contribution in [0, 0.1) is 11.8 Å². The third-order valence-corrected chi connectivity index (χ3v) is 4.49. The highest BCUT2D eigenvalue weighted by Crippen LogP contribution is 2.41. The van der Waals surface area contributed by atoms with Gasteiger partial charge < -0.3 is 5.11 Å². The number of hydrogen-bond donors (Lipinski definition) is 1. The molecule has 3 nitrogen and oxygen atoms in total. The maximum atomic E-state index is 11.5. The van der Waals surface area contributed by atoms with Crippen LogP contribution in [0.1, 0.15) is 37.7 Å². The van der Waals surface area contributed by atoms with E-state index >= 15 is 0 Å². The van der Waals surface area contributed by atoms with Crippen LogP contribution in [-0.4, -0.2) is 16.1 Å². The maximum Gasteiger partial charge on any atom is 0.307 e. The summed E-state index contributed by atoms with van der Waals surface area (Å²) in [4.78, 5) is 15.9. The topological polar surface area (TPSA) is 50.2 Å². The molecule has 1 heterocycles. The fraction of sp³-hybridized carbons (Fsp3) is 0.412. The Morgan fingerprint density at radius 2 is 2.15 bits per heavy atom.